The minimum absolute atomic E-state index is 0.00765. The van der Waals surface area contributed by atoms with Crippen molar-refractivity contribution in [1.29, 1.82) is 0 Å². The molecule has 6 nitrogen and oxygen atoms in total. The van der Waals surface area contributed by atoms with E-state index in [1.807, 2.05) is 6.92 Å². The molecular formula is C18H16Cl2N4O2. The van der Waals surface area contributed by atoms with Crippen LogP contribution in [0, 0.1) is 0 Å². The van der Waals surface area contributed by atoms with Gasteiger partial charge in [-0.2, -0.15) is 0 Å². The number of phenols is 1. The number of hydrogen-bond acceptors (Lipinski definition) is 4. The SMILES string of the molecule is CCc1nc(C(=O)NCc2ccccc2O)nn1-c1c(Cl)cccc1Cl. The first-order chi connectivity index (χ1) is 12.5. The fraction of sp³-hybridized carbons (Fsp3) is 0.167. The Hall–Kier alpha value is -2.57. The number of amides is 1. The second kappa shape index (κ2) is 7.76. The molecule has 2 N–H and O–H groups in total. The molecule has 1 amide bonds. The van der Waals surface area contributed by atoms with E-state index in [4.69, 9.17) is 23.2 Å². The molecule has 134 valence electrons. The van der Waals surface area contributed by atoms with E-state index in [-0.39, 0.29) is 18.1 Å². The van der Waals surface area contributed by atoms with Crippen molar-refractivity contribution in [3.63, 3.8) is 0 Å². The van der Waals surface area contributed by atoms with Crippen molar-refractivity contribution in [1.82, 2.24) is 20.1 Å². The first kappa shape index (κ1) is 18.2. The highest BCUT2D eigenvalue weighted by molar-refractivity contribution is 6.37. The van der Waals surface area contributed by atoms with Crippen molar-refractivity contribution >= 4 is 29.1 Å². The minimum Gasteiger partial charge on any atom is -0.508 e. The maximum absolute atomic E-state index is 12.4. The quantitative estimate of drug-likeness (QED) is 0.694. The Bertz CT molecular complexity index is 936. The summed E-state index contributed by atoms with van der Waals surface area (Å²) in [7, 11) is 0. The van der Waals surface area contributed by atoms with Crippen LogP contribution in [0.15, 0.2) is 42.5 Å². The topological polar surface area (TPSA) is 80.0 Å². The van der Waals surface area contributed by atoms with Gasteiger partial charge < -0.3 is 10.4 Å². The molecule has 1 heterocycles. The van der Waals surface area contributed by atoms with E-state index in [1.165, 1.54) is 4.68 Å². The van der Waals surface area contributed by atoms with Crippen molar-refractivity contribution in [2.45, 2.75) is 19.9 Å². The largest absolute Gasteiger partial charge is 0.508 e. The maximum Gasteiger partial charge on any atom is 0.291 e. The zero-order valence-electron chi connectivity index (χ0n) is 13.9. The van der Waals surface area contributed by atoms with E-state index >= 15 is 0 Å². The van der Waals surface area contributed by atoms with Crippen molar-refractivity contribution < 1.29 is 9.90 Å². The summed E-state index contributed by atoms with van der Waals surface area (Å²) in [5.74, 6) is 0.231. The number of rotatable bonds is 5. The Morgan fingerprint density at radius 1 is 1.15 bits per heavy atom. The summed E-state index contributed by atoms with van der Waals surface area (Å²) in [6.45, 7) is 2.06. The summed E-state index contributed by atoms with van der Waals surface area (Å²) in [5.41, 5.74) is 1.09. The molecule has 0 aliphatic carbocycles. The van der Waals surface area contributed by atoms with Crippen LogP contribution < -0.4 is 5.32 Å². The van der Waals surface area contributed by atoms with Gasteiger partial charge in [-0.25, -0.2) is 9.67 Å². The van der Waals surface area contributed by atoms with E-state index in [0.29, 0.717) is 33.5 Å². The van der Waals surface area contributed by atoms with E-state index in [0.717, 1.165) is 0 Å². The van der Waals surface area contributed by atoms with E-state index in [2.05, 4.69) is 15.4 Å². The lowest BCUT2D eigenvalue weighted by Gasteiger charge is -2.08. The van der Waals surface area contributed by atoms with Crippen LogP contribution in [-0.4, -0.2) is 25.8 Å². The van der Waals surface area contributed by atoms with Crippen LogP contribution in [-0.2, 0) is 13.0 Å². The summed E-state index contributed by atoms with van der Waals surface area (Å²) >= 11 is 12.5. The number of carbonyl (C=O) groups is 1. The molecule has 8 heteroatoms. The number of nitrogens with one attached hydrogen (secondary N) is 1. The van der Waals surface area contributed by atoms with Gasteiger partial charge in [-0.3, -0.25) is 4.79 Å². The average molecular weight is 391 g/mol. The number of benzene rings is 2. The first-order valence-electron chi connectivity index (χ1n) is 7.96. The molecule has 1 aromatic heterocycles. The van der Waals surface area contributed by atoms with Gasteiger partial charge in [0.05, 0.1) is 10.0 Å². The van der Waals surface area contributed by atoms with Crippen molar-refractivity contribution in [2.24, 2.45) is 0 Å². The maximum atomic E-state index is 12.4. The summed E-state index contributed by atoms with van der Waals surface area (Å²) in [4.78, 5) is 16.7. The van der Waals surface area contributed by atoms with Crippen LogP contribution in [0.4, 0.5) is 0 Å². The van der Waals surface area contributed by atoms with Gasteiger partial charge in [0, 0.05) is 18.5 Å². The van der Waals surface area contributed by atoms with Crippen LogP contribution in [0.2, 0.25) is 10.0 Å². The number of aryl methyl sites for hydroxylation is 1. The number of hydrogen-bond donors (Lipinski definition) is 2. The van der Waals surface area contributed by atoms with E-state index in [1.54, 1.807) is 42.5 Å². The number of aromatic hydroxyl groups is 1. The van der Waals surface area contributed by atoms with Gasteiger partial charge in [0.25, 0.3) is 5.91 Å². The highest BCUT2D eigenvalue weighted by Gasteiger charge is 2.19. The Kier molecular flexibility index (Phi) is 5.44. The van der Waals surface area contributed by atoms with Gasteiger partial charge in [-0.15, -0.1) is 5.10 Å². The Labute approximate surface area is 160 Å². The fourth-order valence-electron chi connectivity index (χ4n) is 2.45. The first-order valence-corrected chi connectivity index (χ1v) is 8.72. The number of aromatic nitrogens is 3. The third-order valence-electron chi connectivity index (χ3n) is 3.77. The lowest BCUT2D eigenvalue weighted by molar-refractivity contribution is 0.0940. The van der Waals surface area contributed by atoms with Crippen molar-refractivity contribution in [3.8, 4) is 11.4 Å². The van der Waals surface area contributed by atoms with E-state index in [9.17, 15) is 9.90 Å². The lowest BCUT2D eigenvalue weighted by atomic mass is 10.2. The molecule has 0 spiro atoms. The third kappa shape index (κ3) is 3.66. The summed E-state index contributed by atoms with van der Waals surface area (Å²) in [6.07, 6.45) is 0.543. The monoisotopic (exact) mass is 390 g/mol. The van der Waals surface area contributed by atoms with Crippen LogP contribution in [0.1, 0.15) is 28.9 Å². The Morgan fingerprint density at radius 3 is 2.50 bits per heavy atom. The van der Waals surface area contributed by atoms with Crippen molar-refractivity contribution in [2.75, 3.05) is 0 Å². The molecule has 0 aliphatic rings. The average Bonchev–Trinajstić information content (AvgIpc) is 3.05. The Morgan fingerprint density at radius 2 is 1.85 bits per heavy atom. The van der Waals surface area contributed by atoms with Crippen LogP contribution in [0.5, 0.6) is 5.75 Å². The minimum atomic E-state index is -0.454. The highest BCUT2D eigenvalue weighted by atomic mass is 35.5. The highest BCUT2D eigenvalue weighted by Crippen LogP contribution is 2.28. The predicted molar refractivity (Wildman–Crippen MR) is 100 cm³/mol. The smallest absolute Gasteiger partial charge is 0.291 e. The molecule has 0 saturated heterocycles. The van der Waals surface area contributed by atoms with Crippen molar-refractivity contribution in [3.05, 3.63) is 69.7 Å². The molecule has 0 radical (unpaired) electrons. The zero-order chi connectivity index (χ0) is 18.7. The molecule has 3 rings (SSSR count). The van der Waals surface area contributed by atoms with E-state index < -0.39 is 5.91 Å². The standard InChI is InChI=1S/C18H16Cl2N4O2/c1-2-15-22-17(18(26)21-10-11-6-3-4-9-14(11)25)23-24(15)16-12(19)7-5-8-13(16)20/h3-9,25H,2,10H2,1H3,(H,21,26). The zero-order valence-corrected chi connectivity index (χ0v) is 15.4. The summed E-state index contributed by atoms with van der Waals surface area (Å²) in [6, 6.07) is 11.9. The van der Waals surface area contributed by atoms with Gasteiger partial charge in [0.1, 0.15) is 17.3 Å². The summed E-state index contributed by atoms with van der Waals surface area (Å²) in [5, 5.41) is 17.6. The van der Waals surface area contributed by atoms with Crippen LogP contribution in [0.25, 0.3) is 5.69 Å². The normalized spacial score (nSPS) is 10.7. The molecule has 0 bridgehead atoms. The third-order valence-corrected chi connectivity index (χ3v) is 4.38. The molecule has 0 aliphatic heterocycles. The van der Waals surface area contributed by atoms with Gasteiger partial charge in [0.15, 0.2) is 0 Å². The number of nitrogens with zero attached hydrogens (tertiary/aromatic N) is 3. The number of carbonyl (C=O) groups excluding carboxylic acids is 1. The van der Waals surface area contributed by atoms with Gasteiger partial charge in [0.2, 0.25) is 5.82 Å². The van der Waals surface area contributed by atoms with Gasteiger partial charge in [-0.1, -0.05) is 54.4 Å². The molecule has 0 saturated carbocycles. The number of para-hydroxylation sites is 2. The second-order valence-corrected chi connectivity index (χ2v) is 6.31. The molecule has 0 atom stereocenters. The van der Waals surface area contributed by atoms with Crippen LogP contribution in [0.3, 0.4) is 0 Å². The van der Waals surface area contributed by atoms with Gasteiger partial charge in [-0.05, 0) is 18.2 Å². The summed E-state index contributed by atoms with van der Waals surface area (Å²) < 4.78 is 1.49. The Balaban J connectivity index is 1.86. The predicted octanol–water partition coefficient (Wildman–Crippen LogP) is 3.77. The molecule has 26 heavy (non-hydrogen) atoms. The molecular weight excluding hydrogens is 375 g/mol. The van der Waals surface area contributed by atoms with Gasteiger partial charge >= 0.3 is 0 Å². The number of phenolic OH excluding ortho intramolecular Hbond substituents is 1. The molecule has 3 aromatic rings. The molecule has 2 aromatic carbocycles. The molecule has 0 unspecified atom stereocenters. The number of halogens is 2. The fourth-order valence-corrected chi connectivity index (χ4v) is 3.01. The second-order valence-electron chi connectivity index (χ2n) is 5.50. The van der Waals surface area contributed by atoms with Crippen LogP contribution >= 0.6 is 23.2 Å². The lowest BCUT2D eigenvalue weighted by Crippen LogP contribution is -2.24. The molecule has 0 fully saturated rings.